The highest BCUT2D eigenvalue weighted by Crippen LogP contribution is 2.42. The van der Waals surface area contributed by atoms with Crippen LogP contribution in [0.1, 0.15) is 0 Å². The molecule has 3 nitrogen and oxygen atoms in total. The van der Waals surface area contributed by atoms with E-state index in [9.17, 15) is 0 Å². The van der Waals surface area contributed by atoms with Crippen molar-refractivity contribution in [1.29, 1.82) is 0 Å². The fraction of sp³-hybridized carbons (Fsp3) is 0. The molecule has 268 valence electrons. The number of para-hydroxylation sites is 6. The van der Waals surface area contributed by atoms with E-state index in [1.807, 2.05) is 0 Å². The van der Waals surface area contributed by atoms with Gasteiger partial charge in [0, 0.05) is 50.0 Å². The van der Waals surface area contributed by atoms with Crippen LogP contribution < -0.4 is 4.90 Å². The van der Waals surface area contributed by atoms with Crippen molar-refractivity contribution in [3.8, 4) is 33.6 Å². The Hall–Kier alpha value is -7.62. The summed E-state index contributed by atoms with van der Waals surface area (Å²) >= 11 is 0. The fourth-order valence-corrected chi connectivity index (χ4v) is 8.69. The van der Waals surface area contributed by atoms with Gasteiger partial charge in [-0.05, 0) is 113 Å². The summed E-state index contributed by atoms with van der Waals surface area (Å²) < 4.78 is 4.80. The normalized spacial score (nSPS) is 11.5. The van der Waals surface area contributed by atoms with Gasteiger partial charge >= 0.3 is 0 Å². The van der Waals surface area contributed by atoms with Crippen LogP contribution in [0, 0.1) is 0 Å². The molecule has 0 radical (unpaired) electrons. The summed E-state index contributed by atoms with van der Waals surface area (Å²) in [5, 5.41) is 4.98. The van der Waals surface area contributed by atoms with E-state index in [0.717, 1.165) is 50.7 Å². The first kappa shape index (κ1) is 32.8. The molecule has 0 fully saturated rings. The monoisotopic (exact) mass is 727 g/mol. The minimum Gasteiger partial charge on any atom is -0.310 e. The van der Waals surface area contributed by atoms with Crippen LogP contribution in [-0.4, -0.2) is 9.13 Å². The summed E-state index contributed by atoms with van der Waals surface area (Å²) in [5.41, 5.74) is 15.0. The molecular formula is C54H37N3. The van der Waals surface area contributed by atoms with Crippen LogP contribution >= 0.6 is 0 Å². The molecule has 0 N–H and O–H groups in total. The molecule has 3 heteroatoms. The molecule has 0 aliphatic rings. The number of nitrogens with zero attached hydrogens (tertiary/aromatic N) is 3. The zero-order valence-corrected chi connectivity index (χ0v) is 31.2. The quantitative estimate of drug-likeness (QED) is 0.159. The van der Waals surface area contributed by atoms with Gasteiger partial charge in [-0.1, -0.05) is 133 Å². The molecule has 11 rings (SSSR count). The van der Waals surface area contributed by atoms with Crippen molar-refractivity contribution in [1.82, 2.24) is 9.13 Å². The Balaban J connectivity index is 1.17. The van der Waals surface area contributed by atoms with Crippen molar-refractivity contribution in [3.05, 3.63) is 224 Å². The Bertz CT molecular complexity index is 3000. The van der Waals surface area contributed by atoms with Gasteiger partial charge in [0.25, 0.3) is 0 Å². The van der Waals surface area contributed by atoms with Gasteiger partial charge in [-0.3, -0.25) is 0 Å². The molecule has 11 aromatic rings. The highest BCUT2D eigenvalue weighted by atomic mass is 15.1. The topological polar surface area (TPSA) is 13.1 Å². The molecule has 0 amide bonds. The van der Waals surface area contributed by atoms with E-state index < -0.39 is 0 Å². The molecule has 0 spiro atoms. The van der Waals surface area contributed by atoms with E-state index in [1.165, 1.54) is 43.6 Å². The van der Waals surface area contributed by atoms with E-state index >= 15 is 0 Å². The third kappa shape index (κ3) is 5.60. The van der Waals surface area contributed by atoms with E-state index in [-0.39, 0.29) is 0 Å². The van der Waals surface area contributed by atoms with Crippen LogP contribution in [0.2, 0.25) is 0 Å². The average molecular weight is 728 g/mol. The first-order chi connectivity index (χ1) is 28.3. The number of hydrogen-bond acceptors (Lipinski definition) is 1. The van der Waals surface area contributed by atoms with Crippen molar-refractivity contribution in [2.75, 3.05) is 4.90 Å². The van der Waals surface area contributed by atoms with Crippen LogP contribution in [0.4, 0.5) is 17.1 Å². The number of rotatable bonds is 7. The predicted molar refractivity (Wildman–Crippen MR) is 241 cm³/mol. The van der Waals surface area contributed by atoms with Gasteiger partial charge in [0.05, 0.1) is 22.1 Å². The highest BCUT2D eigenvalue weighted by Gasteiger charge is 2.19. The second-order valence-corrected chi connectivity index (χ2v) is 14.6. The van der Waals surface area contributed by atoms with E-state index in [1.54, 1.807) is 0 Å². The van der Waals surface area contributed by atoms with Gasteiger partial charge in [0.2, 0.25) is 0 Å². The number of aromatic nitrogens is 2. The molecule has 0 unspecified atom stereocenters. The van der Waals surface area contributed by atoms with Crippen molar-refractivity contribution in [2.45, 2.75) is 0 Å². The predicted octanol–water partition coefficient (Wildman–Crippen LogP) is 14.7. The first-order valence-corrected chi connectivity index (χ1v) is 19.5. The van der Waals surface area contributed by atoms with Crippen LogP contribution in [0.25, 0.3) is 77.2 Å². The lowest BCUT2D eigenvalue weighted by Gasteiger charge is -2.27. The second kappa shape index (κ2) is 13.6. The molecule has 0 saturated heterocycles. The molecule has 2 heterocycles. The molecule has 0 saturated carbocycles. The molecule has 0 aliphatic carbocycles. The van der Waals surface area contributed by atoms with E-state index in [4.69, 9.17) is 0 Å². The van der Waals surface area contributed by atoms with Gasteiger partial charge in [-0.2, -0.15) is 0 Å². The Morgan fingerprint density at radius 1 is 0.246 bits per heavy atom. The Kier molecular flexibility index (Phi) is 7.82. The van der Waals surface area contributed by atoms with Crippen molar-refractivity contribution >= 4 is 60.7 Å². The standard InChI is InChI=1S/C54H37N3/c1-5-17-42(18-6-1)55(43-19-7-2-8-20-43)46-34-40(38-29-31-49-47-25-13-15-27-51(47)56(53(49)36-38)44-21-9-3-10-22-44)33-41(35-46)39-30-32-50-48-26-14-16-28-52(48)57(54(50)37-39)45-23-11-4-12-24-45/h1-37H. The Morgan fingerprint density at radius 2 is 0.614 bits per heavy atom. The maximum Gasteiger partial charge on any atom is 0.0547 e. The minimum absolute atomic E-state index is 1.09. The summed E-state index contributed by atoms with van der Waals surface area (Å²) in [7, 11) is 0. The first-order valence-electron chi connectivity index (χ1n) is 19.5. The minimum atomic E-state index is 1.09. The second-order valence-electron chi connectivity index (χ2n) is 14.6. The Morgan fingerprint density at radius 3 is 1.05 bits per heavy atom. The molecule has 0 aliphatic heterocycles. The summed E-state index contributed by atoms with van der Waals surface area (Å²) in [6.45, 7) is 0. The number of fused-ring (bicyclic) bond motifs is 6. The third-order valence-corrected chi connectivity index (χ3v) is 11.2. The van der Waals surface area contributed by atoms with Crippen molar-refractivity contribution < 1.29 is 0 Å². The van der Waals surface area contributed by atoms with Gasteiger partial charge in [-0.25, -0.2) is 0 Å². The van der Waals surface area contributed by atoms with Gasteiger partial charge < -0.3 is 14.0 Å². The third-order valence-electron chi connectivity index (χ3n) is 11.2. The summed E-state index contributed by atoms with van der Waals surface area (Å²) in [6, 6.07) is 81.2. The lowest BCUT2D eigenvalue weighted by Crippen LogP contribution is -2.10. The smallest absolute Gasteiger partial charge is 0.0547 e. The Labute approximate surface area is 331 Å². The van der Waals surface area contributed by atoms with Gasteiger partial charge in [0.1, 0.15) is 0 Å². The van der Waals surface area contributed by atoms with Crippen LogP contribution in [0.5, 0.6) is 0 Å². The lowest BCUT2D eigenvalue weighted by atomic mass is 9.96. The van der Waals surface area contributed by atoms with Crippen LogP contribution in [0.15, 0.2) is 224 Å². The number of hydrogen-bond donors (Lipinski definition) is 0. The van der Waals surface area contributed by atoms with Crippen molar-refractivity contribution in [2.24, 2.45) is 0 Å². The largest absolute Gasteiger partial charge is 0.310 e. The SMILES string of the molecule is c1ccc(N(c2ccccc2)c2cc(-c3ccc4c5ccccc5n(-c5ccccc5)c4c3)cc(-c3ccc4c5ccccc5n(-c5ccccc5)c4c3)c2)cc1. The molecular weight excluding hydrogens is 691 g/mol. The number of anilines is 3. The average Bonchev–Trinajstić information content (AvgIpc) is 3.80. The maximum absolute atomic E-state index is 2.40. The van der Waals surface area contributed by atoms with Crippen LogP contribution in [0.3, 0.4) is 0 Å². The molecule has 0 bridgehead atoms. The molecule has 2 aromatic heterocycles. The fourth-order valence-electron chi connectivity index (χ4n) is 8.69. The lowest BCUT2D eigenvalue weighted by molar-refractivity contribution is 1.18. The molecule has 0 atom stereocenters. The zero-order valence-electron chi connectivity index (χ0n) is 31.2. The van der Waals surface area contributed by atoms with E-state index in [0.29, 0.717) is 0 Å². The molecule has 9 aromatic carbocycles. The number of benzene rings is 9. The highest BCUT2D eigenvalue weighted by molar-refractivity contribution is 6.11. The van der Waals surface area contributed by atoms with Gasteiger partial charge in [-0.15, -0.1) is 0 Å². The summed E-state index contributed by atoms with van der Waals surface area (Å²) in [5.74, 6) is 0. The van der Waals surface area contributed by atoms with Crippen molar-refractivity contribution in [3.63, 3.8) is 0 Å². The molecule has 57 heavy (non-hydrogen) atoms. The van der Waals surface area contributed by atoms with Gasteiger partial charge in [0.15, 0.2) is 0 Å². The zero-order chi connectivity index (χ0) is 37.7. The van der Waals surface area contributed by atoms with Crippen LogP contribution in [-0.2, 0) is 0 Å². The maximum atomic E-state index is 2.40. The summed E-state index contributed by atoms with van der Waals surface area (Å²) in [6.07, 6.45) is 0. The summed E-state index contributed by atoms with van der Waals surface area (Å²) in [4.78, 5) is 2.37. The van der Waals surface area contributed by atoms with E-state index in [2.05, 4.69) is 238 Å².